The molecule has 25 heavy (non-hydrogen) atoms. The Balaban J connectivity index is 1.91. The van der Waals surface area contributed by atoms with Crippen molar-refractivity contribution in [3.63, 3.8) is 0 Å². The lowest BCUT2D eigenvalue weighted by Crippen LogP contribution is -2.10. The molecule has 7 heteroatoms. The van der Waals surface area contributed by atoms with Crippen molar-refractivity contribution in [1.29, 1.82) is 0 Å². The second kappa shape index (κ2) is 8.00. The molecule has 2 N–H and O–H groups in total. The summed E-state index contributed by atoms with van der Waals surface area (Å²) in [6.07, 6.45) is 5.15. The van der Waals surface area contributed by atoms with Crippen molar-refractivity contribution in [1.82, 2.24) is 14.3 Å². The normalized spacial score (nSPS) is 11.0. The molecule has 7 nitrogen and oxygen atoms in total. The zero-order valence-electron chi connectivity index (χ0n) is 14.9. The van der Waals surface area contributed by atoms with E-state index in [0.29, 0.717) is 30.9 Å². The van der Waals surface area contributed by atoms with Gasteiger partial charge in [0.15, 0.2) is 0 Å². The highest BCUT2D eigenvalue weighted by Crippen LogP contribution is 2.20. The Kier molecular flexibility index (Phi) is 6.01. The SMILES string of the molecule is CCn1cc(C)c(CCCCCn2nc(C)cc2C(=O)O)c1C(=O)O. The highest BCUT2D eigenvalue weighted by molar-refractivity contribution is 5.88. The van der Waals surface area contributed by atoms with Crippen LogP contribution in [0.25, 0.3) is 0 Å². The van der Waals surface area contributed by atoms with Gasteiger partial charge in [0.2, 0.25) is 0 Å². The van der Waals surface area contributed by atoms with E-state index in [4.69, 9.17) is 5.11 Å². The molecule has 0 saturated carbocycles. The van der Waals surface area contributed by atoms with Gasteiger partial charge in [0.25, 0.3) is 0 Å². The lowest BCUT2D eigenvalue weighted by atomic mass is 10.0. The van der Waals surface area contributed by atoms with Crippen molar-refractivity contribution < 1.29 is 19.8 Å². The third-order valence-corrected chi connectivity index (χ3v) is 4.36. The van der Waals surface area contributed by atoms with Gasteiger partial charge in [0.05, 0.1) is 5.69 Å². The minimum atomic E-state index is -0.969. The summed E-state index contributed by atoms with van der Waals surface area (Å²) in [5, 5.41) is 22.8. The van der Waals surface area contributed by atoms with Crippen LogP contribution in [0.2, 0.25) is 0 Å². The van der Waals surface area contributed by atoms with Crippen molar-refractivity contribution in [3.8, 4) is 0 Å². The molecule has 2 rings (SSSR count). The second-order valence-corrected chi connectivity index (χ2v) is 6.24. The third-order valence-electron chi connectivity index (χ3n) is 4.36. The molecule has 0 bridgehead atoms. The summed E-state index contributed by atoms with van der Waals surface area (Å²) in [6, 6.07) is 1.57. The molecule has 0 amide bonds. The molecule has 136 valence electrons. The summed E-state index contributed by atoms with van der Waals surface area (Å²) in [5.41, 5.74) is 3.20. The van der Waals surface area contributed by atoms with Crippen LogP contribution >= 0.6 is 0 Å². The van der Waals surface area contributed by atoms with Crippen LogP contribution in [0.1, 0.15) is 64.0 Å². The van der Waals surface area contributed by atoms with Crippen LogP contribution in [-0.2, 0) is 19.5 Å². The average Bonchev–Trinajstić information content (AvgIpc) is 3.07. The number of carboxylic acids is 2. The van der Waals surface area contributed by atoms with E-state index >= 15 is 0 Å². The van der Waals surface area contributed by atoms with Gasteiger partial charge in [-0.2, -0.15) is 5.10 Å². The minimum Gasteiger partial charge on any atom is -0.477 e. The first-order valence-corrected chi connectivity index (χ1v) is 8.54. The zero-order chi connectivity index (χ0) is 18.6. The highest BCUT2D eigenvalue weighted by Gasteiger charge is 2.18. The van der Waals surface area contributed by atoms with Gasteiger partial charge >= 0.3 is 11.9 Å². The fourth-order valence-electron chi connectivity index (χ4n) is 3.18. The Morgan fingerprint density at radius 1 is 1.12 bits per heavy atom. The molecule has 0 spiro atoms. The predicted octanol–water partition coefficient (Wildman–Crippen LogP) is 3.13. The Morgan fingerprint density at radius 2 is 1.84 bits per heavy atom. The van der Waals surface area contributed by atoms with Crippen molar-refractivity contribution >= 4 is 11.9 Å². The van der Waals surface area contributed by atoms with E-state index in [1.807, 2.05) is 20.0 Å². The van der Waals surface area contributed by atoms with E-state index in [1.165, 1.54) is 4.68 Å². The molecule has 0 aliphatic carbocycles. The molecule has 0 fully saturated rings. The Hall–Kier alpha value is -2.57. The minimum absolute atomic E-state index is 0.210. The van der Waals surface area contributed by atoms with Gasteiger partial charge in [-0.3, -0.25) is 4.68 Å². The zero-order valence-corrected chi connectivity index (χ0v) is 14.9. The maximum atomic E-state index is 11.5. The Labute approximate surface area is 146 Å². The van der Waals surface area contributed by atoms with E-state index in [2.05, 4.69) is 5.10 Å². The first kappa shape index (κ1) is 18.8. The summed E-state index contributed by atoms with van der Waals surface area (Å²) < 4.78 is 3.30. The fraction of sp³-hybridized carbons (Fsp3) is 0.500. The first-order valence-electron chi connectivity index (χ1n) is 8.54. The lowest BCUT2D eigenvalue weighted by molar-refractivity contribution is 0.0673. The van der Waals surface area contributed by atoms with Crippen LogP contribution in [0.4, 0.5) is 0 Å². The largest absolute Gasteiger partial charge is 0.477 e. The second-order valence-electron chi connectivity index (χ2n) is 6.24. The molecule has 2 aromatic rings. The monoisotopic (exact) mass is 347 g/mol. The van der Waals surface area contributed by atoms with Gasteiger partial charge < -0.3 is 14.8 Å². The number of unbranched alkanes of at least 4 members (excludes halogenated alkanes) is 2. The quantitative estimate of drug-likeness (QED) is 0.679. The van der Waals surface area contributed by atoms with Crippen LogP contribution in [-0.4, -0.2) is 36.5 Å². The highest BCUT2D eigenvalue weighted by atomic mass is 16.4. The van der Waals surface area contributed by atoms with Crippen molar-refractivity contribution in [3.05, 3.63) is 40.5 Å². The van der Waals surface area contributed by atoms with Crippen LogP contribution in [0.15, 0.2) is 12.3 Å². The predicted molar refractivity (Wildman–Crippen MR) is 93.3 cm³/mol. The standard InChI is InChI=1S/C18H25N3O4/c1-4-20-11-12(2)14(16(20)18(24)25)8-6-5-7-9-21-15(17(22)23)10-13(3)19-21/h10-11H,4-9H2,1-3H3,(H,22,23)(H,24,25). The van der Waals surface area contributed by atoms with Crippen LogP contribution in [0.3, 0.4) is 0 Å². The first-order chi connectivity index (χ1) is 11.8. The Morgan fingerprint density at radius 3 is 2.44 bits per heavy atom. The topological polar surface area (TPSA) is 97.4 Å². The maximum Gasteiger partial charge on any atom is 0.354 e. The van der Waals surface area contributed by atoms with Crippen LogP contribution in [0.5, 0.6) is 0 Å². The van der Waals surface area contributed by atoms with Crippen LogP contribution < -0.4 is 0 Å². The summed E-state index contributed by atoms with van der Waals surface area (Å²) in [4.78, 5) is 22.7. The van der Waals surface area contributed by atoms with Gasteiger partial charge in [-0.15, -0.1) is 0 Å². The molecule has 0 radical (unpaired) electrons. The van der Waals surface area contributed by atoms with E-state index in [0.717, 1.165) is 30.4 Å². The molecule has 0 saturated heterocycles. The number of hydrogen-bond acceptors (Lipinski definition) is 3. The summed E-state index contributed by atoms with van der Waals surface area (Å²) in [5.74, 6) is -1.86. The lowest BCUT2D eigenvalue weighted by Gasteiger charge is -2.07. The summed E-state index contributed by atoms with van der Waals surface area (Å²) in [7, 11) is 0. The molecule has 2 aromatic heterocycles. The summed E-state index contributed by atoms with van der Waals surface area (Å²) in [6.45, 7) is 6.84. The van der Waals surface area contributed by atoms with Gasteiger partial charge in [0.1, 0.15) is 11.4 Å². The summed E-state index contributed by atoms with van der Waals surface area (Å²) >= 11 is 0. The number of aromatic carboxylic acids is 2. The number of carbonyl (C=O) groups is 2. The van der Waals surface area contributed by atoms with Gasteiger partial charge in [-0.05, 0) is 57.2 Å². The maximum absolute atomic E-state index is 11.5. The molecule has 0 unspecified atom stereocenters. The van der Waals surface area contributed by atoms with Gasteiger partial charge in [-0.25, -0.2) is 9.59 Å². The fourth-order valence-corrected chi connectivity index (χ4v) is 3.18. The molecule has 2 heterocycles. The smallest absolute Gasteiger partial charge is 0.354 e. The number of carboxylic acid groups (broad SMARTS) is 2. The third kappa shape index (κ3) is 4.29. The van der Waals surface area contributed by atoms with Crippen molar-refractivity contribution in [2.45, 2.75) is 59.5 Å². The number of rotatable bonds is 9. The number of aromatic nitrogens is 3. The van der Waals surface area contributed by atoms with E-state index in [9.17, 15) is 14.7 Å². The van der Waals surface area contributed by atoms with Gasteiger partial charge in [-0.1, -0.05) is 6.42 Å². The molecular formula is C18H25N3O4. The number of nitrogens with zero attached hydrogens (tertiary/aromatic N) is 3. The number of hydrogen-bond donors (Lipinski definition) is 2. The molecule has 0 aliphatic heterocycles. The average molecular weight is 347 g/mol. The van der Waals surface area contributed by atoms with Crippen LogP contribution in [0, 0.1) is 13.8 Å². The molecule has 0 aromatic carbocycles. The van der Waals surface area contributed by atoms with Crippen molar-refractivity contribution in [2.75, 3.05) is 0 Å². The van der Waals surface area contributed by atoms with E-state index in [-0.39, 0.29) is 5.69 Å². The molecule has 0 aliphatic rings. The van der Waals surface area contributed by atoms with Crippen molar-refractivity contribution in [2.24, 2.45) is 0 Å². The number of aryl methyl sites for hydroxylation is 4. The van der Waals surface area contributed by atoms with E-state index in [1.54, 1.807) is 17.6 Å². The van der Waals surface area contributed by atoms with E-state index < -0.39 is 11.9 Å². The molecule has 0 atom stereocenters. The Bertz CT molecular complexity index is 774. The molecular weight excluding hydrogens is 322 g/mol. The van der Waals surface area contributed by atoms with Gasteiger partial charge in [0, 0.05) is 19.3 Å².